The summed E-state index contributed by atoms with van der Waals surface area (Å²) < 4.78 is 5.13. The minimum Gasteiger partial charge on any atom is -0.381 e. The first kappa shape index (κ1) is 4.57. The van der Waals surface area contributed by atoms with Crippen LogP contribution in [0, 0.1) is 5.92 Å². The lowest BCUT2D eigenvalue weighted by Gasteiger charge is -1.88. The van der Waals surface area contributed by atoms with Crippen molar-refractivity contribution in [2.45, 2.75) is 18.9 Å². The molecular weight excluding hydrogens is 100 g/mol. The first-order valence-electron chi connectivity index (χ1n) is 3.13. The Morgan fingerprint density at radius 2 is 2.50 bits per heavy atom. The van der Waals surface area contributed by atoms with Gasteiger partial charge in [-0.1, -0.05) is 11.6 Å². The first-order valence-corrected chi connectivity index (χ1v) is 3.13. The molecule has 0 aliphatic heterocycles. The quantitative estimate of drug-likeness (QED) is 0.487. The first-order chi connectivity index (χ1) is 3.92. The van der Waals surface area contributed by atoms with E-state index in [2.05, 4.69) is 6.08 Å². The highest BCUT2D eigenvalue weighted by Crippen LogP contribution is 2.46. The Kier molecular flexibility index (Phi) is 0.770. The molecule has 1 fully saturated rings. The molecule has 1 nitrogen and oxygen atoms in total. The van der Waals surface area contributed by atoms with Crippen LogP contribution in [0.2, 0.25) is 0 Å². The van der Waals surface area contributed by atoms with Gasteiger partial charge in [0.25, 0.3) is 0 Å². The monoisotopic (exact) mass is 110 g/mol. The zero-order valence-corrected chi connectivity index (χ0v) is 5.05. The third kappa shape index (κ3) is 0.583. The van der Waals surface area contributed by atoms with Crippen molar-refractivity contribution in [3.05, 3.63) is 11.6 Å². The van der Waals surface area contributed by atoms with Gasteiger partial charge in [-0.25, -0.2) is 0 Å². The predicted octanol–water partition coefficient (Wildman–Crippen LogP) is 1.35. The molecular formula is C7H10O. The fraction of sp³-hybridized carbons (Fsp3) is 0.714. The second-order valence-corrected chi connectivity index (χ2v) is 2.60. The van der Waals surface area contributed by atoms with Crippen molar-refractivity contribution in [2.75, 3.05) is 7.11 Å². The maximum absolute atomic E-state index is 5.13. The van der Waals surface area contributed by atoms with Crippen LogP contribution in [0.3, 0.4) is 0 Å². The van der Waals surface area contributed by atoms with Gasteiger partial charge in [-0.2, -0.15) is 0 Å². The fourth-order valence-corrected chi connectivity index (χ4v) is 1.18. The van der Waals surface area contributed by atoms with E-state index in [1.165, 1.54) is 12.8 Å². The van der Waals surface area contributed by atoms with Gasteiger partial charge in [0, 0.05) is 13.0 Å². The molecule has 0 spiro atoms. The highest BCUT2D eigenvalue weighted by atomic mass is 16.5. The molecule has 0 radical (unpaired) electrons. The van der Waals surface area contributed by atoms with E-state index in [0.717, 1.165) is 5.92 Å². The maximum Gasteiger partial charge on any atom is 0.0644 e. The van der Waals surface area contributed by atoms with Crippen LogP contribution in [-0.2, 0) is 4.74 Å². The molecule has 0 aromatic carbocycles. The molecule has 1 unspecified atom stereocenters. The normalized spacial score (nSPS) is 41.4. The highest BCUT2D eigenvalue weighted by Gasteiger charge is 2.42. The molecule has 0 aromatic heterocycles. The van der Waals surface area contributed by atoms with E-state index in [1.54, 1.807) is 12.7 Å². The molecule has 1 heteroatoms. The summed E-state index contributed by atoms with van der Waals surface area (Å²) in [5.74, 6) is 0.833. The number of rotatable bonds is 2. The highest BCUT2D eigenvalue weighted by molar-refractivity contribution is 5.30. The second kappa shape index (κ2) is 1.35. The van der Waals surface area contributed by atoms with Gasteiger partial charge in [0.1, 0.15) is 0 Å². The Labute approximate surface area is 49.3 Å². The Bertz CT molecular complexity index is 137. The van der Waals surface area contributed by atoms with Crippen molar-refractivity contribution in [3.63, 3.8) is 0 Å². The summed E-state index contributed by atoms with van der Waals surface area (Å²) in [6.07, 6.45) is 5.43. The number of hydrogen-bond acceptors (Lipinski definition) is 1. The van der Waals surface area contributed by atoms with Crippen LogP contribution >= 0.6 is 0 Å². The summed E-state index contributed by atoms with van der Waals surface area (Å²) in [7, 11) is 1.80. The Morgan fingerprint density at radius 1 is 1.75 bits per heavy atom. The maximum atomic E-state index is 5.13. The van der Waals surface area contributed by atoms with Gasteiger partial charge >= 0.3 is 0 Å². The van der Waals surface area contributed by atoms with Crippen LogP contribution in [0.15, 0.2) is 11.6 Å². The van der Waals surface area contributed by atoms with Gasteiger partial charge in [-0.05, 0) is 12.8 Å². The van der Waals surface area contributed by atoms with Gasteiger partial charge in [0.05, 0.1) is 6.10 Å². The Hall–Kier alpha value is -0.300. The van der Waals surface area contributed by atoms with Crippen molar-refractivity contribution in [3.8, 4) is 0 Å². The van der Waals surface area contributed by atoms with Crippen molar-refractivity contribution < 1.29 is 4.74 Å². The Balaban J connectivity index is 1.87. The standard InChI is InChI=1S/C7H10O/c1-8-7-4-6(7)5-2-3-5/h2,6-7H,3-4H2,1H3/t6?,7-/m1/s1. The van der Waals surface area contributed by atoms with Gasteiger partial charge in [0.2, 0.25) is 0 Å². The van der Waals surface area contributed by atoms with E-state index in [0.29, 0.717) is 6.10 Å². The molecule has 0 aromatic rings. The number of allylic oxidation sites excluding steroid dienone is 1. The molecule has 0 heterocycles. The van der Waals surface area contributed by atoms with Crippen LogP contribution in [0.25, 0.3) is 0 Å². The molecule has 0 N–H and O–H groups in total. The lowest BCUT2D eigenvalue weighted by Crippen LogP contribution is -1.88. The largest absolute Gasteiger partial charge is 0.381 e. The molecule has 2 aliphatic carbocycles. The van der Waals surface area contributed by atoms with E-state index >= 15 is 0 Å². The molecule has 2 aliphatic rings. The number of methoxy groups -OCH3 is 1. The predicted molar refractivity (Wildman–Crippen MR) is 31.6 cm³/mol. The van der Waals surface area contributed by atoms with Gasteiger partial charge in [-0.3, -0.25) is 0 Å². The Morgan fingerprint density at radius 3 is 2.88 bits per heavy atom. The smallest absolute Gasteiger partial charge is 0.0644 e. The molecule has 44 valence electrons. The number of ether oxygens (including phenoxy) is 1. The molecule has 8 heavy (non-hydrogen) atoms. The lowest BCUT2D eigenvalue weighted by atomic mass is 10.3. The number of hydrogen-bond donors (Lipinski definition) is 0. The topological polar surface area (TPSA) is 9.23 Å². The van der Waals surface area contributed by atoms with E-state index in [-0.39, 0.29) is 0 Å². The van der Waals surface area contributed by atoms with E-state index < -0.39 is 0 Å². The molecule has 0 saturated heterocycles. The third-order valence-corrected chi connectivity index (χ3v) is 1.95. The van der Waals surface area contributed by atoms with Crippen molar-refractivity contribution in [1.29, 1.82) is 0 Å². The van der Waals surface area contributed by atoms with Crippen molar-refractivity contribution in [1.82, 2.24) is 0 Å². The average Bonchev–Trinajstić information content (AvgIpc) is 2.62. The molecule has 0 bridgehead atoms. The summed E-state index contributed by atoms with van der Waals surface area (Å²) >= 11 is 0. The van der Waals surface area contributed by atoms with E-state index in [4.69, 9.17) is 4.74 Å². The molecule has 0 amide bonds. The van der Waals surface area contributed by atoms with Crippen LogP contribution in [0.4, 0.5) is 0 Å². The second-order valence-electron chi connectivity index (χ2n) is 2.60. The summed E-state index contributed by atoms with van der Waals surface area (Å²) in [6, 6.07) is 0. The molecule has 2 atom stereocenters. The zero-order chi connectivity index (χ0) is 5.56. The lowest BCUT2D eigenvalue weighted by molar-refractivity contribution is 0.174. The summed E-state index contributed by atoms with van der Waals surface area (Å²) in [5.41, 5.74) is 1.64. The third-order valence-electron chi connectivity index (χ3n) is 1.95. The average molecular weight is 110 g/mol. The summed E-state index contributed by atoms with van der Waals surface area (Å²) in [4.78, 5) is 0. The van der Waals surface area contributed by atoms with Crippen molar-refractivity contribution >= 4 is 0 Å². The van der Waals surface area contributed by atoms with Crippen molar-refractivity contribution in [2.24, 2.45) is 5.92 Å². The van der Waals surface area contributed by atoms with Crippen LogP contribution < -0.4 is 0 Å². The van der Waals surface area contributed by atoms with Crippen LogP contribution in [0.1, 0.15) is 12.8 Å². The van der Waals surface area contributed by atoms with Crippen LogP contribution in [0.5, 0.6) is 0 Å². The van der Waals surface area contributed by atoms with Gasteiger partial charge in [0.15, 0.2) is 0 Å². The molecule has 1 saturated carbocycles. The minimum atomic E-state index is 0.587. The zero-order valence-electron chi connectivity index (χ0n) is 5.05. The fourth-order valence-electron chi connectivity index (χ4n) is 1.18. The van der Waals surface area contributed by atoms with E-state index in [9.17, 15) is 0 Å². The van der Waals surface area contributed by atoms with Crippen LogP contribution in [-0.4, -0.2) is 13.2 Å². The van der Waals surface area contributed by atoms with E-state index in [1.807, 2.05) is 0 Å². The minimum absolute atomic E-state index is 0.587. The molecule has 2 rings (SSSR count). The summed E-state index contributed by atoms with van der Waals surface area (Å²) in [5, 5.41) is 0. The summed E-state index contributed by atoms with van der Waals surface area (Å²) in [6.45, 7) is 0. The SMILES string of the molecule is CO[C@@H]1CC1C1=CC1. The van der Waals surface area contributed by atoms with Gasteiger partial charge in [-0.15, -0.1) is 0 Å². The van der Waals surface area contributed by atoms with Gasteiger partial charge < -0.3 is 4.74 Å².